The molecule has 0 fully saturated rings. The van der Waals surface area contributed by atoms with Crippen LogP contribution in [-0.2, 0) is 0 Å². The fourth-order valence-corrected chi connectivity index (χ4v) is 2.94. The third kappa shape index (κ3) is 3.18. The molecule has 0 radical (unpaired) electrons. The number of halogens is 2. The van der Waals surface area contributed by atoms with Crippen LogP contribution in [0.15, 0.2) is 28.9 Å². The predicted molar refractivity (Wildman–Crippen MR) is 81.7 cm³/mol. The van der Waals surface area contributed by atoms with E-state index >= 15 is 0 Å². The predicted octanol–water partition coefficient (Wildman–Crippen LogP) is 5.87. The van der Waals surface area contributed by atoms with Crippen molar-refractivity contribution >= 4 is 28.8 Å². The van der Waals surface area contributed by atoms with Gasteiger partial charge in [0.15, 0.2) is 0 Å². The highest BCUT2D eigenvalue weighted by molar-refractivity contribution is 6.42. The van der Waals surface area contributed by atoms with Gasteiger partial charge >= 0.3 is 0 Å². The molecule has 102 valence electrons. The van der Waals surface area contributed by atoms with Crippen molar-refractivity contribution in [1.29, 1.82) is 0 Å². The molecule has 0 aromatic heterocycles. The highest BCUT2D eigenvalue weighted by atomic mass is 35.5. The summed E-state index contributed by atoms with van der Waals surface area (Å²) >= 11 is 12.0. The van der Waals surface area contributed by atoms with Crippen LogP contribution in [0.4, 0.5) is 0 Å². The third-order valence-corrected chi connectivity index (χ3v) is 4.36. The number of rotatable bonds is 5. The lowest BCUT2D eigenvalue weighted by molar-refractivity contribution is 0.737. The maximum absolute atomic E-state index is 11.0. The first-order valence-electron chi connectivity index (χ1n) is 6.67. The molecule has 19 heavy (non-hydrogen) atoms. The standard InChI is InChI=1S/C15H17Cl2NO/c1-2-3-4-10-6-8-14(18-19)15(10)11-5-7-12(16)13(17)9-11/h5,7,9,14H,2-4,6,8H2,1H3. The van der Waals surface area contributed by atoms with E-state index in [0.717, 1.165) is 43.2 Å². The average Bonchev–Trinajstić information content (AvgIpc) is 2.82. The van der Waals surface area contributed by atoms with Crippen molar-refractivity contribution in [2.45, 2.75) is 45.1 Å². The Morgan fingerprint density at radius 3 is 2.74 bits per heavy atom. The van der Waals surface area contributed by atoms with Crippen molar-refractivity contribution in [3.8, 4) is 0 Å². The lowest BCUT2D eigenvalue weighted by Gasteiger charge is -2.11. The van der Waals surface area contributed by atoms with Gasteiger partial charge in [-0.05, 0) is 49.0 Å². The molecule has 2 nitrogen and oxygen atoms in total. The minimum Gasteiger partial charge on any atom is -0.150 e. The van der Waals surface area contributed by atoms with Gasteiger partial charge in [0.25, 0.3) is 0 Å². The Morgan fingerprint density at radius 1 is 1.32 bits per heavy atom. The van der Waals surface area contributed by atoms with E-state index in [1.165, 1.54) is 5.57 Å². The molecular formula is C15H17Cl2NO. The minimum atomic E-state index is -0.232. The second kappa shape index (κ2) is 6.53. The van der Waals surface area contributed by atoms with Gasteiger partial charge in [0.1, 0.15) is 6.04 Å². The van der Waals surface area contributed by atoms with Crippen LogP contribution in [0, 0.1) is 4.91 Å². The fraction of sp³-hybridized carbons (Fsp3) is 0.467. The maximum Gasteiger partial charge on any atom is 0.118 e. The van der Waals surface area contributed by atoms with Gasteiger partial charge in [-0.25, -0.2) is 0 Å². The molecule has 0 saturated carbocycles. The van der Waals surface area contributed by atoms with E-state index in [0.29, 0.717) is 10.0 Å². The van der Waals surface area contributed by atoms with Gasteiger partial charge in [0.05, 0.1) is 10.0 Å². The number of hydrogen-bond donors (Lipinski definition) is 0. The van der Waals surface area contributed by atoms with Crippen LogP contribution in [0.5, 0.6) is 0 Å². The molecule has 4 heteroatoms. The average molecular weight is 298 g/mol. The zero-order valence-corrected chi connectivity index (χ0v) is 12.5. The number of benzene rings is 1. The molecule has 0 heterocycles. The van der Waals surface area contributed by atoms with Crippen molar-refractivity contribution in [2.75, 3.05) is 0 Å². The molecule has 0 aliphatic heterocycles. The topological polar surface area (TPSA) is 29.4 Å². The van der Waals surface area contributed by atoms with Gasteiger partial charge in [-0.15, -0.1) is 0 Å². The number of allylic oxidation sites excluding steroid dienone is 1. The molecule has 1 unspecified atom stereocenters. The monoisotopic (exact) mass is 297 g/mol. The van der Waals surface area contributed by atoms with Gasteiger partial charge in [-0.3, -0.25) is 0 Å². The first kappa shape index (κ1) is 14.5. The smallest absolute Gasteiger partial charge is 0.118 e. The van der Waals surface area contributed by atoms with E-state index in [1.54, 1.807) is 6.07 Å². The minimum absolute atomic E-state index is 0.232. The van der Waals surface area contributed by atoms with Gasteiger partial charge in [-0.1, -0.05) is 53.4 Å². The summed E-state index contributed by atoms with van der Waals surface area (Å²) in [4.78, 5) is 11.0. The van der Waals surface area contributed by atoms with E-state index in [2.05, 4.69) is 12.1 Å². The Morgan fingerprint density at radius 2 is 2.11 bits per heavy atom. The molecule has 1 aliphatic rings. The van der Waals surface area contributed by atoms with Gasteiger partial charge < -0.3 is 0 Å². The molecule has 2 rings (SSSR count). The van der Waals surface area contributed by atoms with Crippen LogP contribution in [0.2, 0.25) is 10.0 Å². The zero-order chi connectivity index (χ0) is 13.8. The van der Waals surface area contributed by atoms with Crippen molar-refractivity contribution in [3.63, 3.8) is 0 Å². The molecule has 0 bridgehead atoms. The molecule has 1 atom stereocenters. The van der Waals surface area contributed by atoms with Gasteiger partial charge in [0.2, 0.25) is 0 Å². The van der Waals surface area contributed by atoms with Crippen LogP contribution < -0.4 is 0 Å². The van der Waals surface area contributed by atoms with Crippen LogP contribution in [-0.4, -0.2) is 6.04 Å². The van der Waals surface area contributed by atoms with Crippen LogP contribution in [0.25, 0.3) is 5.57 Å². The Balaban J connectivity index is 2.39. The Hall–Kier alpha value is -0.860. The van der Waals surface area contributed by atoms with E-state index < -0.39 is 0 Å². The number of nitroso groups, excluding NO2 is 1. The molecule has 1 aromatic carbocycles. The number of unbranched alkanes of at least 4 members (excludes halogenated alkanes) is 1. The summed E-state index contributed by atoms with van der Waals surface area (Å²) < 4.78 is 0. The lowest BCUT2D eigenvalue weighted by atomic mass is 9.97. The van der Waals surface area contributed by atoms with Crippen molar-refractivity contribution in [2.24, 2.45) is 5.18 Å². The van der Waals surface area contributed by atoms with E-state index in [-0.39, 0.29) is 6.04 Å². The van der Waals surface area contributed by atoms with Crippen LogP contribution in [0.3, 0.4) is 0 Å². The SMILES string of the molecule is CCCCC1=C(c2ccc(Cl)c(Cl)c2)C(N=O)CC1. The van der Waals surface area contributed by atoms with Crippen LogP contribution >= 0.6 is 23.2 Å². The quantitative estimate of drug-likeness (QED) is 0.625. The summed E-state index contributed by atoms with van der Waals surface area (Å²) in [6, 6.07) is 5.32. The third-order valence-electron chi connectivity index (χ3n) is 3.62. The Bertz CT molecular complexity index is 511. The molecule has 0 amide bonds. The largest absolute Gasteiger partial charge is 0.150 e. The Kier molecular flexibility index (Phi) is 5.00. The first-order chi connectivity index (χ1) is 9.17. The second-order valence-corrected chi connectivity index (χ2v) is 5.72. The van der Waals surface area contributed by atoms with Gasteiger partial charge in [-0.2, -0.15) is 4.91 Å². The van der Waals surface area contributed by atoms with E-state index in [4.69, 9.17) is 23.2 Å². The van der Waals surface area contributed by atoms with Gasteiger partial charge in [0, 0.05) is 0 Å². The molecule has 0 N–H and O–H groups in total. The van der Waals surface area contributed by atoms with Crippen LogP contribution in [0.1, 0.15) is 44.6 Å². The second-order valence-electron chi connectivity index (χ2n) is 4.91. The molecule has 1 aromatic rings. The molecule has 0 saturated heterocycles. The molecular weight excluding hydrogens is 281 g/mol. The summed E-state index contributed by atoms with van der Waals surface area (Å²) in [5.74, 6) is 0. The summed E-state index contributed by atoms with van der Waals surface area (Å²) in [5, 5.41) is 4.33. The van der Waals surface area contributed by atoms with Crippen molar-refractivity contribution < 1.29 is 0 Å². The number of nitrogens with zero attached hydrogens (tertiary/aromatic N) is 1. The van der Waals surface area contributed by atoms with Crippen molar-refractivity contribution in [1.82, 2.24) is 0 Å². The summed E-state index contributed by atoms with van der Waals surface area (Å²) in [6.07, 6.45) is 5.12. The molecule has 1 aliphatic carbocycles. The fourth-order valence-electron chi connectivity index (χ4n) is 2.64. The highest BCUT2D eigenvalue weighted by Crippen LogP contribution is 2.40. The summed E-state index contributed by atoms with van der Waals surface area (Å²) in [6.45, 7) is 2.17. The highest BCUT2D eigenvalue weighted by Gasteiger charge is 2.27. The summed E-state index contributed by atoms with van der Waals surface area (Å²) in [5.41, 5.74) is 3.41. The lowest BCUT2D eigenvalue weighted by Crippen LogP contribution is -2.01. The van der Waals surface area contributed by atoms with E-state index in [9.17, 15) is 4.91 Å². The number of hydrogen-bond acceptors (Lipinski definition) is 2. The Labute approximate surface area is 123 Å². The zero-order valence-electron chi connectivity index (χ0n) is 11.0. The maximum atomic E-state index is 11.0. The molecule has 0 spiro atoms. The van der Waals surface area contributed by atoms with Crippen molar-refractivity contribution in [3.05, 3.63) is 44.3 Å². The summed E-state index contributed by atoms with van der Waals surface area (Å²) in [7, 11) is 0. The normalized spacial score (nSPS) is 19.0. The van der Waals surface area contributed by atoms with E-state index in [1.807, 2.05) is 12.1 Å². The first-order valence-corrected chi connectivity index (χ1v) is 7.42.